The van der Waals surface area contributed by atoms with Crippen molar-refractivity contribution in [3.05, 3.63) is 28.8 Å². The van der Waals surface area contributed by atoms with E-state index in [9.17, 15) is 10.4 Å². The first kappa shape index (κ1) is 23.2. The number of fused-ring (bicyclic) bond motifs is 1. The number of rotatable bonds is 7. The molecule has 1 aromatic carbocycles. The van der Waals surface area contributed by atoms with Crippen LogP contribution in [0.5, 0.6) is 17.2 Å². The van der Waals surface area contributed by atoms with E-state index in [1.165, 1.54) is 21.3 Å². The zero-order chi connectivity index (χ0) is 25.6. The number of nitrogens with zero attached hydrogens (tertiary/aromatic N) is 5. The highest BCUT2D eigenvalue weighted by Crippen LogP contribution is 2.47. The van der Waals surface area contributed by atoms with E-state index in [1.54, 1.807) is 23.0 Å². The van der Waals surface area contributed by atoms with Gasteiger partial charge in [-0.05, 0) is 22.4 Å². The molecule has 3 aromatic heterocycles. The largest absolute Gasteiger partial charge is 0.857 e. The average molecular weight is 508 g/mol. The minimum atomic E-state index is -0.623. The van der Waals surface area contributed by atoms with Crippen molar-refractivity contribution in [1.29, 1.82) is 5.26 Å². The lowest BCUT2D eigenvalue weighted by Gasteiger charge is -2.16. The van der Waals surface area contributed by atoms with E-state index in [-0.39, 0.29) is 33.9 Å². The fraction of sp³-hybridized carbons (Fsp3) is 0.261. The number of hydrogen-bond acceptors (Lipinski definition) is 12. The quantitative estimate of drug-likeness (QED) is 0.213. The summed E-state index contributed by atoms with van der Waals surface area (Å²) in [6, 6.07) is 5.72. The van der Waals surface area contributed by atoms with Crippen LogP contribution in [-0.2, 0) is 0 Å². The lowest BCUT2D eigenvalue weighted by molar-refractivity contribution is -0.765. The van der Waals surface area contributed by atoms with Crippen LogP contribution in [0.25, 0.3) is 21.3 Å². The van der Waals surface area contributed by atoms with Gasteiger partial charge < -0.3 is 30.8 Å². The predicted octanol–water partition coefficient (Wildman–Crippen LogP) is 2.07. The van der Waals surface area contributed by atoms with E-state index in [4.69, 9.17) is 30.2 Å². The van der Waals surface area contributed by atoms with Crippen molar-refractivity contribution in [3.63, 3.8) is 0 Å². The second kappa shape index (κ2) is 8.90. The van der Waals surface area contributed by atoms with Crippen LogP contribution >= 0.6 is 11.3 Å². The highest BCUT2D eigenvalue weighted by molar-refractivity contribution is 7.21. The minimum Gasteiger partial charge on any atom is -0.857 e. The molecule has 0 amide bonds. The molecule has 0 spiro atoms. The second-order valence-electron chi connectivity index (χ2n) is 7.97. The Balaban J connectivity index is 1.72. The molecule has 4 aromatic rings. The zero-order valence-corrected chi connectivity index (χ0v) is 20.4. The molecule has 0 saturated heterocycles. The molecule has 4 N–H and O–H groups in total. The Morgan fingerprint density at radius 2 is 1.92 bits per heavy atom. The summed E-state index contributed by atoms with van der Waals surface area (Å²) in [7, 11) is 4.45. The van der Waals surface area contributed by atoms with Crippen LogP contribution in [0.3, 0.4) is 0 Å². The van der Waals surface area contributed by atoms with Crippen LogP contribution in [0.15, 0.2) is 27.8 Å². The first-order valence-electron chi connectivity index (χ1n) is 10.8. The summed E-state index contributed by atoms with van der Waals surface area (Å²) >= 11 is 1.02. The Morgan fingerprint density at radius 1 is 1.22 bits per heavy atom. The molecule has 3 heterocycles. The van der Waals surface area contributed by atoms with Crippen LogP contribution in [0.4, 0.5) is 17.4 Å². The average Bonchev–Trinajstić information content (AvgIpc) is 3.54. The second-order valence-corrected chi connectivity index (χ2v) is 8.97. The molecule has 0 unspecified atom stereocenters. The molecular formula is C23H21N7O5S. The van der Waals surface area contributed by atoms with Crippen molar-refractivity contribution < 1.29 is 28.5 Å². The third-order valence-electron chi connectivity index (χ3n) is 5.77. The summed E-state index contributed by atoms with van der Waals surface area (Å²) in [4.78, 5) is 8.86. The molecule has 0 atom stereocenters. The molecule has 13 heteroatoms. The molecule has 12 nitrogen and oxygen atoms in total. The summed E-state index contributed by atoms with van der Waals surface area (Å²) in [5.74, 6) is 0.555. The van der Waals surface area contributed by atoms with Gasteiger partial charge in [-0.2, -0.15) is 5.26 Å². The van der Waals surface area contributed by atoms with Crippen molar-refractivity contribution >= 4 is 44.8 Å². The Kier molecular flexibility index (Phi) is 5.73. The van der Waals surface area contributed by atoms with Crippen molar-refractivity contribution in [3.8, 4) is 34.4 Å². The topological polar surface area (TPSA) is 182 Å². The van der Waals surface area contributed by atoms with Gasteiger partial charge in [0.05, 0.1) is 31.9 Å². The monoisotopic (exact) mass is 507 g/mol. The first-order valence-corrected chi connectivity index (χ1v) is 11.6. The van der Waals surface area contributed by atoms with Crippen LogP contribution in [0.2, 0.25) is 0 Å². The number of ether oxygens (including phenoxy) is 3. The van der Waals surface area contributed by atoms with Gasteiger partial charge in [0.2, 0.25) is 11.0 Å². The predicted molar refractivity (Wildman–Crippen MR) is 129 cm³/mol. The van der Waals surface area contributed by atoms with E-state index >= 15 is 0 Å². The van der Waals surface area contributed by atoms with E-state index in [2.05, 4.69) is 21.3 Å². The van der Waals surface area contributed by atoms with Crippen LogP contribution in [-0.4, -0.2) is 37.5 Å². The van der Waals surface area contributed by atoms with Crippen molar-refractivity contribution in [2.45, 2.75) is 18.9 Å². The third-order valence-corrected chi connectivity index (χ3v) is 6.86. The number of aromatic nitrogens is 3. The highest BCUT2D eigenvalue weighted by Gasteiger charge is 2.35. The molecule has 0 bridgehead atoms. The van der Waals surface area contributed by atoms with Crippen molar-refractivity contribution in [2.24, 2.45) is 4.99 Å². The Hall–Kier alpha value is -4.57. The fourth-order valence-corrected chi connectivity index (χ4v) is 4.91. The lowest BCUT2D eigenvalue weighted by Crippen LogP contribution is -2.32. The number of aliphatic imine (C=N–C) groups is 1. The van der Waals surface area contributed by atoms with E-state index in [0.29, 0.717) is 38.6 Å². The summed E-state index contributed by atoms with van der Waals surface area (Å²) in [5.41, 5.74) is 13.7. The minimum absolute atomic E-state index is 0.00773. The summed E-state index contributed by atoms with van der Waals surface area (Å²) in [6.45, 7) is 0. The zero-order valence-electron chi connectivity index (χ0n) is 19.6. The number of thiophene rings is 1. The van der Waals surface area contributed by atoms with Gasteiger partial charge in [0.1, 0.15) is 22.3 Å². The number of nitriles is 1. The molecular weight excluding hydrogens is 486 g/mol. The first-order chi connectivity index (χ1) is 17.4. The molecule has 5 rings (SSSR count). The molecule has 0 aliphatic heterocycles. The Labute approximate surface area is 208 Å². The summed E-state index contributed by atoms with van der Waals surface area (Å²) in [5, 5.41) is 27.3. The van der Waals surface area contributed by atoms with E-state index in [1.807, 2.05) is 0 Å². The molecule has 0 radical (unpaired) electrons. The molecule has 1 aliphatic carbocycles. The van der Waals surface area contributed by atoms with Gasteiger partial charge in [-0.1, -0.05) is 0 Å². The number of nitrogen functional groups attached to an aromatic ring is 2. The van der Waals surface area contributed by atoms with Gasteiger partial charge in [0.15, 0.2) is 17.5 Å². The summed E-state index contributed by atoms with van der Waals surface area (Å²) in [6.07, 6.45) is 3.59. The normalized spacial score (nSPS) is 13.6. The van der Waals surface area contributed by atoms with Gasteiger partial charge in [0, 0.05) is 29.7 Å². The van der Waals surface area contributed by atoms with Gasteiger partial charge in [-0.3, -0.25) is 4.52 Å². The van der Waals surface area contributed by atoms with E-state index in [0.717, 1.165) is 24.2 Å². The van der Waals surface area contributed by atoms with Crippen molar-refractivity contribution in [2.75, 3.05) is 32.8 Å². The number of anilines is 2. The van der Waals surface area contributed by atoms with Crippen LogP contribution in [0, 0.1) is 11.3 Å². The molecule has 1 fully saturated rings. The van der Waals surface area contributed by atoms with E-state index < -0.39 is 5.90 Å². The maximum absolute atomic E-state index is 13.1. The fourth-order valence-electron chi connectivity index (χ4n) is 3.92. The lowest BCUT2D eigenvalue weighted by atomic mass is 9.96. The molecule has 36 heavy (non-hydrogen) atoms. The van der Waals surface area contributed by atoms with Crippen molar-refractivity contribution in [1.82, 2.24) is 10.3 Å². The van der Waals surface area contributed by atoms with Gasteiger partial charge in [-0.25, -0.2) is 9.98 Å². The maximum atomic E-state index is 13.1. The van der Waals surface area contributed by atoms with Gasteiger partial charge in [-0.15, -0.1) is 11.3 Å². The molecule has 1 saturated carbocycles. The van der Waals surface area contributed by atoms with Crippen LogP contribution in [0.1, 0.15) is 29.3 Å². The highest BCUT2D eigenvalue weighted by atomic mass is 32.1. The third kappa shape index (κ3) is 3.77. The maximum Gasteiger partial charge on any atom is 0.320 e. The standard InChI is InChI=1S/C23H21N7O5S/c1-32-13-6-10(7-14(33-2)19(13)34-3)16-12(8-24)21(26)28-23-17(16)18(25)20(36-23)22(31)27-15-9-30(29-35-15)11-4-5-11/h6-7,9,11H,4-5H2,1-3H3,(H4-,25,26,27,28,29,31). The smallest absolute Gasteiger partial charge is 0.320 e. The number of pyridine rings is 1. The molecule has 184 valence electrons. The van der Waals surface area contributed by atoms with Gasteiger partial charge in [0.25, 0.3) is 6.20 Å². The number of nitrogens with two attached hydrogens (primary N) is 2. The van der Waals surface area contributed by atoms with Gasteiger partial charge >= 0.3 is 5.88 Å². The SMILES string of the molecule is COc1cc(-c2c(C#N)c(N)nc3sc(/C([O-])=N/c4c[n+](C5CC5)no4)c(N)c23)cc(OC)c1OC. The number of methoxy groups -OCH3 is 3. The summed E-state index contributed by atoms with van der Waals surface area (Å²) < 4.78 is 23.2. The number of hydrogen-bond donors (Lipinski definition) is 2. The Bertz CT molecular complexity index is 1540. The molecule has 1 aliphatic rings. The number of benzene rings is 1. The van der Waals surface area contributed by atoms with Crippen LogP contribution < -0.4 is 35.5 Å². The Morgan fingerprint density at radius 3 is 2.50 bits per heavy atom.